The second-order valence-corrected chi connectivity index (χ2v) is 12.2. The Balaban J connectivity index is 1.14. The zero-order chi connectivity index (χ0) is 32.1. The van der Waals surface area contributed by atoms with E-state index in [0.717, 1.165) is 28.1 Å². The Morgan fingerprint density at radius 3 is 2.35 bits per heavy atom. The van der Waals surface area contributed by atoms with Crippen LogP contribution in [0.25, 0.3) is 0 Å². The van der Waals surface area contributed by atoms with Gasteiger partial charge in [0.25, 0.3) is 0 Å². The summed E-state index contributed by atoms with van der Waals surface area (Å²) in [5.74, 6) is 0.532. The van der Waals surface area contributed by atoms with Crippen LogP contribution in [0.1, 0.15) is 67.6 Å². The van der Waals surface area contributed by atoms with E-state index in [1.54, 1.807) is 30.1 Å². The van der Waals surface area contributed by atoms with Crippen LogP contribution in [-0.4, -0.2) is 33.8 Å². The summed E-state index contributed by atoms with van der Waals surface area (Å²) in [7, 11) is 0. The highest BCUT2D eigenvalue weighted by Crippen LogP contribution is 2.39. The van der Waals surface area contributed by atoms with Crippen LogP contribution in [0.5, 0.6) is 0 Å². The van der Waals surface area contributed by atoms with Gasteiger partial charge in [0.05, 0.1) is 35.2 Å². The summed E-state index contributed by atoms with van der Waals surface area (Å²) >= 11 is 1.64. The maximum absolute atomic E-state index is 12.7. The van der Waals surface area contributed by atoms with Crippen molar-refractivity contribution in [2.75, 3.05) is 22.1 Å². The lowest BCUT2D eigenvalue weighted by atomic mass is 10.0. The molecule has 1 aromatic heterocycles. The predicted molar refractivity (Wildman–Crippen MR) is 181 cm³/mol. The minimum atomic E-state index is -0.625. The van der Waals surface area contributed by atoms with Gasteiger partial charge in [0, 0.05) is 42.5 Å². The molecule has 3 aromatic carbocycles. The summed E-state index contributed by atoms with van der Waals surface area (Å²) in [6.07, 6.45) is 4.36. The van der Waals surface area contributed by atoms with Crippen molar-refractivity contribution in [3.05, 3.63) is 114 Å². The molecule has 240 valence electrons. The number of pyridine rings is 1. The number of carbonyl (C=O) groups is 2. The number of aromatic nitrogens is 1. The molecule has 3 atom stereocenters. The fraction of sp³-hybridized carbons (Fsp3) is 0.306. The fourth-order valence-electron chi connectivity index (χ4n) is 5.19. The van der Waals surface area contributed by atoms with Gasteiger partial charge in [0.1, 0.15) is 0 Å². The third-order valence-electron chi connectivity index (χ3n) is 7.65. The molecule has 4 aromatic rings. The zero-order valence-corrected chi connectivity index (χ0v) is 26.5. The minimum absolute atomic E-state index is 0.0127. The van der Waals surface area contributed by atoms with Crippen molar-refractivity contribution in [2.24, 2.45) is 0 Å². The molecule has 1 aliphatic rings. The second kappa shape index (κ2) is 16.9. The van der Waals surface area contributed by atoms with Gasteiger partial charge in [-0.2, -0.15) is 0 Å². The number of hydrogen-bond acceptors (Lipinski definition) is 8. The van der Waals surface area contributed by atoms with Gasteiger partial charge in [-0.15, -0.1) is 11.8 Å². The van der Waals surface area contributed by atoms with Crippen LogP contribution in [0.2, 0.25) is 0 Å². The molecule has 1 saturated heterocycles. The Hall–Kier alpha value is -4.22. The van der Waals surface area contributed by atoms with Crippen LogP contribution in [0.3, 0.4) is 0 Å². The number of carbonyl (C=O) groups excluding carboxylic acids is 2. The van der Waals surface area contributed by atoms with E-state index in [1.165, 1.54) is 0 Å². The molecule has 0 spiro atoms. The lowest BCUT2D eigenvalue weighted by Gasteiger charge is -2.36. The van der Waals surface area contributed by atoms with Crippen LogP contribution in [0.15, 0.2) is 102 Å². The van der Waals surface area contributed by atoms with Gasteiger partial charge in [0.2, 0.25) is 11.8 Å². The number of amides is 2. The summed E-state index contributed by atoms with van der Waals surface area (Å²) in [4.78, 5) is 29.4. The monoisotopic (exact) mass is 640 g/mol. The van der Waals surface area contributed by atoms with E-state index in [-0.39, 0.29) is 30.6 Å². The van der Waals surface area contributed by atoms with E-state index in [4.69, 9.17) is 15.2 Å². The molecule has 0 bridgehead atoms. The van der Waals surface area contributed by atoms with Gasteiger partial charge in [-0.05, 0) is 60.4 Å². The summed E-state index contributed by atoms with van der Waals surface area (Å²) in [5.41, 5.74) is 10.4. The number of nitrogen functional groups attached to an aromatic ring is 1. The Labute approximate surface area is 273 Å². The highest BCUT2D eigenvalue weighted by Gasteiger charge is 2.32. The lowest BCUT2D eigenvalue weighted by molar-refractivity contribution is -0.245. The first-order valence-corrected chi connectivity index (χ1v) is 16.5. The average Bonchev–Trinajstić information content (AvgIpc) is 3.08. The van der Waals surface area contributed by atoms with Crippen LogP contribution >= 0.6 is 11.8 Å². The molecule has 9 nitrogen and oxygen atoms in total. The van der Waals surface area contributed by atoms with Gasteiger partial charge in [-0.1, -0.05) is 61.0 Å². The van der Waals surface area contributed by atoms with Crippen LogP contribution in [0, 0.1) is 0 Å². The van der Waals surface area contributed by atoms with Gasteiger partial charge >= 0.3 is 0 Å². The molecule has 1 aliphatic heterocycles. The summed E-state index contributed by atoms with van der Waals surface area (Å²) in [6.45, 7) is -0.0127. The highest BCUT2D eigenvalue weighted by molar-refractivity contribution is 7.99. The summed E-state index contributed by atoms with van der Waals surface area (Å²) in [5, 5.41) is 16.2. The quantitative estimate of drug-likeness (QED) is 0.0656. The van der Waals surface area contributed by atoms with Crippen molar-refractivity contribution >= 4 is 40.6 Å². The van der Waals surface area contributed by atoms with Crippen molar-refractivity contribution < 1.29 is 24.2 Å². The third-order valence-corrected chi connectivity index (χ3v) is 8.73. The van der Waals surface area contributed by atoms with E-state index >= 15 is 0 Å². The third kappa shape index (κ3) is 9.89. The highest BCUT2D eigenvalue weighted by atomic mass is 32.2. The van der Waals surface area contributed by atoms with Gasteiger partial charge in [-0.3, -0.25) is 9.59 Å². The Kier molecular flexibility index (Phi) is 12.2. The van der Waals surface area contributed by atoms with Crippen molar-refractivity contribution in [2.45, 2.75) is 68.7 Å². The normalized spacial score (nSPS) is 17.7. The summed E-state index contributed by atoms with van der Waals surface area (Å²) in [6, 6.07) is 28.4. The molecule has 1 fully saturated rings. The molecule has 10 heteroatoms. The molecule has 3 unspecified atom stereocenters. The smallest absolute Gasteiger partial charge is 0.224 e. The molecule has 2 amide bonds. The topological polar surface area (TPSA) is 136 Å². The number of hydrogen-bond donors (Lipinski definition) is 4. The first-order valence-electron chi connectivity index (χ1n) is 15.6. The average molecular weight is 641 g/mol. The van der Waals surface area contributed by atoms with Crippen LogP contribution in [0.4, 0.5) is 17.1 Å². The Morgan fingerprint density at radius 2 is 1.61 bits per heavy atom. The number of nitrogens with one attached hydrogen (secondary N) is 2. The molecule has 0 saturated carbocycles. The zero-order valence-electron chi connectivity index (χ0n) is 25.6. The number of thioether (sulfide) groups is 1. The van der Waals surface area contributed by atoms with E-state index in [2.05, 4.69) is 15.6 Å². The van der Waals surface area contributed by atoms with Gasteiger partial charge in [0.15, 0.2) is 6.29 Å². The predicted octanol–water partition coefficient (Wildman–Crippen LogP) is 7.02. The van der Waals surface area contributed by atoms with E-state index < -0.39 is 6.29 Å². The van der Waals surface area contributed by atoms with E-state index in [0.29, 0.717) is 54.9 Å². The van der Waals surface area contributed by atoms with Gasteiger partial charge < -0.3 is 30.9 Å². The van der Waals surface area contributed by atoms with Crippen molar-refractivity contribution in [1.82, 2.24) is 4.98 Å². The first-order chi connectivity index (χ1) is 22.5. The largest absolute Gasteiger partial charge is 0.397 e. The number of para-hydroxylation sites is 2. The number of nitrogens with two attached hydrogens (primary N) is 1. The number of aliphatic hydroxyl groups is 1. The van der Waals surface area contributed by atoms with E-state index in [1.807, 2.05) is 78.9 Å². The number of rotatable bonds is 14. The first kappa shape index (κ1) is 33.2. The van der Waals surface area contributed by atoms with Crippen molar-refractivity contribution in [1.29, 1.82) is 0 Å². The number of benzene rings is 3. The molecule has 5 rings (SSSR count). The van der Waals surface area contributed by atoms with E-state index in [9.17, 15) is 14.7 Å². The standard InChI is InChI=1S/C36H40N4O5S/c37-30-11-4-5-12-31(30)40-34(43)14-3-1-2-13-33(42)39-28-10-8-9-27(21-28)36-44-29(24-46-35-15-6-7-20-38-35)22-32(45-36)26-18-16-25(23-41)17-19-26/h4-12,15-21,29,32,36,41H,1-3,13-14,22-24,37H2,(H,39,42)(H,40,43). The SMILES string of the molecule is Nc1ccccc1NC(=O)CCCCCC(=O)Nc1cccc(C2OC(CSc3ccccn3)CC(c3ccc(CO)cc3)O2)c1. The Morgan fingerprint density at radius 1 is 0.848 bits per heavy atom. The molecule has 0 radical (unpaired) electrons. The Bertz CT molecular complexity index is 1570. The number of aliphatic hydroxyl groups excluding tert-OH is 1. The van der Waals surface area contributed by atoms with Crippen molar-refractivity contribution in [3.63, 3.8) is 0 Å². The second-order valence-electron chi connectivity index (χ2n) is 11.2. The van der Waals surface area contributed by atoms with Crippen molar-refractivity contribution in [3.8, 4) is 0 Å². The van der Waals surface area contributed by atoms with Crippen LogP contribution in [-0.2, 0) is 25.7 Å². The lowest BCUT2D eigenvalue weighted by Crippen LogP contribution is -2.31. The molecule has 0 aliphatic carbocycles. The number of anilines is 3. The maximum Gasteiger partial charge on any atom is 0.224 e. The molecule has 2 heterocycles. The van der Waals surface area contributed by atoms with Gasteiger partial charge in [-0.25, -0.2) is 4.98 Å². The number of unbranched alkanes of at least 4 members (excludes halogenated alkanes) is 2. The van der Waals surface area contributed by atoms with Crippen LogP contribution < -0.4 is 16.4 Å². The molecule has 5 N–H and O–H groups in total. The number of ether oxygens (including phenoxy) is 2. The number of nitrogens with zero attached hydrogens (tertiary/aromatic N) is 1. The fourth-order valence-corrected chi connectivity index (χ4v) is 6.07. The summed E-state index contributed by atoms with van der Waals surface area (Å²) < 4.78 is 12.9. The molecular formula is C36H40N4O5S. The minimum Gasteiger partial charge on any atom is -0.397 e. The molecule has 46 heavy (non-hydrogen) atoms. The maximum atomic E-state index is 12.7. The molecular weight excluding hydrogens is 600 g/mol.